The lowest BCUT2D eigenvalue weighted by Crippen LogP contribution is -2.25. The summed E-state index contributed by atoms with van der Waals surface area (Å²) in [6, 6.07) is 8.30. The van der Waals surface area contributed by atoms with Gasteiger partial charge in [-0.1, -0.05) is 18.2 Å². The van der Waals surface area contributed by atoms with Gasteiger partial charge in [0.2, 0.25) is 0 Å². The van der Waals surface area contributed by atoms with Crippen LogP contribution >= 0.6 is 11.3 Å². The van der Waals surface area contributed by atoms with Crippen molar-refractivity contribution in [3.63, 3.8) is 0 Å². The SMILES string of the molecule is CC(O)(Cc1ccsc1)c1ccccc1F. The van der Waals surface area contributed by atoms with Crippen molar-refractivity contribution in [2.45, 2.75) is 18.9 Å². The predicted molar refractivity (Wildman–Crippen MR) is 64.0 cm³/mol. The minimum Gasteiger partial charge on any atom is -0.385 e. The van der Waals surface area contributed by atoms with Crippen LogP contribution in [0.4, 0.5) is 4.39 Å². The molecule has 0 saturated heterocycles. The maximum atomic E-state index is 13.6. The summed E-state index contributed by atoms with van der Waals surface area (Å²) >= 11 is 1.57. The molecule has 1 aromatic carbocycles. The molecule has 2 rings (SSSR count). The lowest BCUT2D eigenvalue weighted by atomic mass is 9.90. The highest BCUT2D eigenvalue weighted by Gasteiger charge is 2.26. The maximum Gasteiger partial charge on any atom is 0.129 e. The summed E-state index contributed by atoms with van der Waals surface area (Å²) in [7, 11) is 0. The number of hydrogen-bond donors (Lipinski definition) is 1. The van der Waals surface area contributed by atoms with Crippen LogP contribution in [-0.4, -0.2) is 5.11 Å². The van der Waals surface area contributed by atoms with Crippen LogP contribution in [0.2, 0.25) is 0 Å². The summed E-state index contributed by atoms with van der Waals surface area (Å²) in [5, 5.41) is 14.2. The van der Waals surface area contributed by atoms with E-state index in [-0.39, 0.29) is 5.82 Å². The summed E-state index contributed by atoms with van der Waals surface area (Å²) < 4.78 is 13.6. The molecule has 1 nitrogen and oxygen atoms in total. The van der Waals surface area contributed by atoms with Crippen LogP contribution in [0.15, 0.2) is 41.1 Å². The van der Waals surface area contributed by atoms with E-state index in [1.54, 1.807) is 36.5 Å². The van der Waals surface area contributed by atoms with E-state index in [1.165, 1.54) is 6.07 Å². The summed E-state index contributed by atoms with van der Waals surface area (Å²) in [5.41, 5.74) is 0.214. The fraction of sp³-hybridized carbons (Fsp3) is 0.231. The van der Waals surface area contributed by atoms with Gasteiger partial charge in [-0.15, -0.1) is 0 Å². The normalized spacial score (nSPS) is 14.7. The van der Waals surface area contributed by atoms with Gasteiger partial charge >= 0.3 is 0 Å². The lowest BCUT2D eigenvalue weighted by molar-refractivity contribution is 0.0539. The summed E-state index contributed by atoms with van der Waals surface area (Å²) in [4.78, 5) is 0. The molecule has 0 saturated carbocycles. The zero-order chi connectivity index (χ0) is 11.6. The van der Waals surface area contributed by atoms with Gasteiger partial charge in [0.25, 0.3) is 0 Å². The Hall–Kier alpha value is -1.19. The molecule has 1 heterocycles. The molecule has 16 heavy (non-hydrogen) atoms. The van der Waals surface area contributed by atoms with Crippen molar-refractivity contribution in [3.8, 4) is 0 Å². The van der Waals surface area contributed by atoms with Crippen LogP contribution < -0.4 is 0 Å². The molecule has 0 spiro atoms. The molecule has 0 aliphatic carbocycles. The van der Waals surface area contributed by atoms with E-state index in [4.69, 9.17) is 0 Å². The zero-order valence-corrected chi connectivity index (χ0v) is 9.80. The van der Waals surface area contributed by atoms with Crippen LogP contribution in [0, 0.1) is 5.82 Å². The third-order valence-electron chi connectivity index (χ3n) is 2.58. The highest BCUT2D eigenvalue weighted by molar-refractivity contribution is 7.07. The van der Waals surface area contributed by atoms with Gasteiger partial charge in [-0.25, -0.2) is 4.39 Å². The van der Waals surface area contributed by atoms with Crippen molar-refractivity contribution >= 4 is 11.3 Å². The third kappa shape index (κ3) is 2.31. The first kappa shape index (κ1) is 11.3. The molecule has 0 amide bonds. The molecule has 0 aliphatic rings. The quantitative estimate of drug-likeness (QED) is 0.866. The molecule has 1 atom stereocenters. The van der Waals surface area contributed by atoms with Crippen molar-refractivity contribution in [1.29, 1.82) is 0 Å². The van der Waals surface area contributed by atoms with Crippen molar-refractivity contribution in [3.05, 3.63) is 58.0 Å². The van der Waals surface area contributed by atoms with Crippen LogP contribution in [0.25, 0.3) is 0 Å². The van der Waals surface area contributed by atoms with E-state index in [0.29, 0.717) is 12.0 Å². The number of benzene rings is 1. The van der Waals surface area contributed by atoms with Gasteiger partial charge in [-0.3, -0.25) is 0 Å². The summed E-state index contributed by atoms with van der Waals surface area (Å²) in [6.45, 7) is 1.64. The molecule has 84 valence electrons. The Morgan fingerprint density at radius 1 is 1.31 bits per heavy atom. The monoisotopic (exact) mass is 236 g/mol. The van der Waals surface area contributed by atoms with Gasteiger partial charge in [-0.05, 0) is 35.4 Å². The first-order valence-electron chi connectivity index (χ1n) is 5.08. The molecule has 1 aromatic heterocycles. The first-order valence-corrected chi connectivity index (χ1v) is 6.02. The van der Waals surface area contributed by atoms with Crippen LogP contribution in [0.5, 0.6) is 0 Å². The minimum absolute atomic E-state index is 0.348. The Labute approximate surface area is 98.2 Å². The van der Waals surface area contributed by atoms with Crippen LogP contribution in [0.3, 0.4) is 0 Å². The van der Waals surface area contributed by atoms with E-state index < -0.39 is 5.60 Å². The highest BCUT2D eigenvalue weighted by Crippen LogP contribution is 2.27. The molecule has 0 aliphatic heterocycles. The molecule has 0 radical (unpaired) electrons. The number of halogens is 1. The van der Waals surface area contributed by atoms with E-state index >= 15 is 0 Å². The second kappa shape index (κ2) is 4.36. The van der Waals surface area contributed by atoms with Gasteiger partial charge in [0, 0.05) is 12.0 Å². The van der Waals surface area contributed by atoms with Crippen molar-refractivity contribution in [1.82, 2.24) is 0 Å². The largest absolute Gasteiger partial charge is 0.385 e. The first-order chi connectivity index (χ1) is 7.59. The van der Waals surface area contributed by atoms with Gasteiger partial charge in [-0.2, -0.15) is 11.3 Å². The van der Waals surface area contributed by atoms with Gasteiger partial charge < -0.3 is 5.11 Å². The van der Waals surface area contributed by atoms with Crippen LogP contribution in [0.1, 0.15) is 18.1 Å². The van der Waals surface area contributed by atoms with E-state index in [9.17, 15) is 9.50 Å². The Kier molecular flexibility index (Phi) is 3.08. The number of thiophene rings is 1. The molecular formula is C13H13FOS. The summed E-state index contributed by atoms with van der Waals surface area (Å²) in [6.07, 6.45) is 0.428. The number of hydrogen-bond acceptors (Lipinski definition) is 2. The fourth-order valence-electron chi connectivity index (χ4n) is 1.78. The molecular weight excluding hydrogens is 223 g/mol. The second-order valence-electron chi connectivity index (χ2n) is 4.06. The van der Waals surface area contributed by atoms with Crippen molar-refractivity contribution in [2.75, 3.05) is 0 Å². The van der Waals surface area contributed by atoms with Gasteiger partial charge in [0.05, 0.1) is 5.60 Å². The summed E-state index contributed by atoms with van der Waals surface area (Å²) in [5.74, 6) is -0.359. The Morgan fingerprint density at radius 2 is 2.06 bits per heavy atom. The minimum atomic E-state index is -1.16. The molecule has 0 bridgehead atoms. The number of aliphatic hydroxyl groups is 1. The van der Waals surface area contributed by atoms with Crippen molar-refractivity contribution < 1.29 is 9.50 Å². The Bertz CT molecular complexity index is 463. The third-order valence-corrected chi connectivity index (χ3v) is 3.31. The standard InChI is InChI=1S/C13H13FOS/c1-13(15,8-10-6-7-16-9-10)11-4-2-3-5-12(11)14/h2-7,9,15H,8H2,1H3. The van der Waals surface area contributed by atoms with E-state index in [1.807, 2.05) is 16.8 Å². The Morgan fingerprint density at radius 3 is 2.69 bits per heavy atom. The Balaban J connectivity index is 2.28. The molecule has 1 unspecified atom stereocenters. The van der Waals surface area contributed by atoms with Gasteiger partial charge in [0.1, 0.15) is 5.82 Å². The molecule has 3 heteroatoms. The molecule has 2 aromatic rings. The highest BCUT2D eigenvalue weighted by atomic mass is 32.1. The fourth-order valence-corrected chi connectivity index (χ4v) is 2.45. The maximum absolute atomic E-state index is 13.6. The van der Waals surface area contributed by atoms with Crippen LogP contribution in [-0.2, 0) is 12.0 Å². The zero-order valence-electron chi connectivity index (χ0n) is 8.98. The lowest BCUT2D eigenvalue weighted by Gasteiger charge is -2.23. The molecule has 1 N–H and O–H groups in total. The predicted octanol–water partition coefficient (Wildman–Crippen LogP) is 3.34. The van der Waals surface area contributed by atoms with E-state index in [0.717, 1.165) is 5.56 Å². The van der Waals surface area contributed by atoms with Gasteiger partial charge in [0.15, 0.2) is 0 Å². The smallest absolute Gasteiger partial charge is 0.129 e. The average molecular weight is 236 g/mol. The van der Waals surface area contributed by atoms with E-state index in [2.05, 4.69) is 0 Å². The molecule has 0 fully saturated rings. The average Bonchev–Trinajstić information content (AvgIpc) is 2.70. The number of rotatable bonds is 3. The van der Waals surface area contributed by atoms with Crippen molar-refractivity contribution in [2.24, 2.45) is 0 Å². The topological polar surface area (TPSA) is 20.2 Å². The second-order valence-corrected chi connectivity index (χ2v) is 4.84.